The van der Waals surface area contributed by atoms with Crippen molar-refractivity contribution in [3.8, 4) is 11.3 Å². The van der Waals surface area contributed by atoms with Gasteiger partial charge in [0.25, 0.3) is 0 Å². The monoisotopic (exact) mass is 364 g/mol. The van der Waals surface area contributed by atoms with E-state index in [9.17, 15) is 4.39 Å². The summed E-state index contributed by atoms with van der Waals surface area (Å²) < 4.78 is 13.8. The first-order valence-corrected chi connectivity index (χ1v) is 9.11. The van der Waals surface area contributed by atoms with E-state index in [-0.39, 0.29) is 11.4 Å². The van der Waals surface area contributed by atoms with Crippen LogP contribution >= 0.6 is 0 Å². The highest BCUT2D eigenvalue weighted by Crippen LogP contribution is 2.23. The van der Waals surface area contributed by atoms with Crippen LogP contribution in [-0.4, -0.2) is 22.1 Å². The quantitative estimate of drug-likeness (QED) is 0.635. The van der Waals surface area contributed by atoms with Gasteiger partial charge in [-0.2, -0.15) is 4.98 Å². The number of aromatic nitrogens is 2. The molecule has 140 valence electrons. The minimum atomic E-state index is -0.187. The molecule has 4 nitrogen and oxygen atoms in total. The van der Waals surface area contributed by atoms with Gasteiger partial charge in [0.05, 0.1) is 5.69 Å². The first kappa shape index (κ1) is 18.8. The fraction of sp³-hybridized carbons (Fsp3) is 0.273. The van der Waals surface area contributed by atoms with Gasteiger partial charge in [-0.15, -0.1) is 0 Å². The molecule has 0 saturated carbocycles. The lowest BCUT2D eigenvalue weighted by atomic mass is 10.1. The molecule has 0 spiro atoms. The number of nitrogens with zero attached hydrogens (tertiary/aromatic N) is 2. The summed E-state index contributed by atoms with van der Waals surface area (Å²) in [6.07, 6.45) is 0.563. The van der Waals surface area contributed by atoms with Crippen molar-refractivity contribution in [3.05, 3.63) is 72.0 Å². The molecule has 2 N–H and O–H groups in total. The van der Waals surface area contributed by atoms with Crippen molar-refractivity contribution in [1.82, 2.24) is 9.97 Å². The maximum atomic E-state index is 13.8. The first-order chi connectivity index (χ1) is 12.9. The van der Waals surface area contributed by atoms with E-state index < -0.39 is 0 Å². The fourth-order valence-corrected chi connectivity index (χ4v) is 2.74. The summed E-state index contributed by atoms with van der Waals surface area (Å²) in [7, 11) is 0. The molecule has 3 rings (SSSR count). The number of hydrogen-bond acceptors (Lipinski definition) is 4. The van der Waals surface area contributed by atoms with Crippen molar-refractivity contribution in [1.29, 1.82) is 0 Å². The van der Waals surface area contributed by atoms with E-state index in [2.05, 4.69) is 41.4 Å². The number of anilines is 2. The second-order valence-electron chi connectivity index (χ2n) is 7.47. The van der Waals surface area contributed by atoms with Crippen LogP contribution in [0.3, 0.4) is 0 Å². The molecule has 0 radical (unpaired) electrons. The van der Waals surface area contributed by atoms with Gasteiger partial charge in [0, 0.05) is 23.7 Å². The van der Waals surface area contributed by atoms with E-state index in [1.54, 1.807) is 12.1 Å². The SMILES string of the molecule is CC(C)(C)Nc1cc(-c2ccccc2)nc(NCCc2ccccc2F)n1. The average molecular weight is 364 g/mol. The topological polar surface area (TPSA) is 49.8 Å². The lowest BCUT2D eigenvalue weighted by Crippen LogP contribution is -2.27. The fourth-order valence-electron chi connectivity index (χ4n) is 2.74. The van der Waals surface area contributed by atoms with Gasteiger partial charge < -0.3 is 10.6 Å². The van der Waals surface area contributed by atoms with Crippen molar-refractivity contribution in [3.63, 3.8) is 0 Å². The third kappa shape index (κ3) is 5.51. The Balaban J connectivity index is 1.80. The normalized spacial score (nSPS) is 11.3. The van der Waals surface area contributed by atoms with E-state index in [1.807, 2.05) is 42.5 Å². The van der Waals surface area contributed by atoms with Crippen LogP contribution in [0.4, 0.5) is 16.2 Å². The number of halogens is 1. The van der Waals surface area contributed by atoms with Crippen LogP contribution in [-0.2, 0) is 6.42 Å². The molecule has 5 heteroatoms. The second-order valence-corrected chi connectivity index (χ2v) is 7.47. The molecule has 0 amide bonds. The lowest BCUT2D eigenvalue weighted by molar-refractivity contribution is 0.610. The molecular weight excluding hydrogens is 339 g/mol. The van der Waals surface area contributed by atoms with Crippen LogP contribution in [0.5, 0.6) is 0 Å². The number of hydrogen-bond donors (Lipinski definition) is 2. The van der Waals surface area contributed by atoms with Crippen LogP contribution in [0.2, 0.25) is 0 Å². The predicted octanol–water partition coefficient (Wildman–Crippen LogP) is 5.15. The molecule has 0 saturated heterocycles. The third-order valence-corrected chi connectivity index (χ3v) is 3.93. The average Bonchev–Trinajstić information content (AvgIpc) is 2.62. The van der Waals surface area contributed by atoms with Gasteiger partial charge >= 0.3 is 0 Å². The summed E-state index contributed by atoms with van der Waals surface area (Å²) >= 11 is 0. The Labute approximate surface area is 159 Å². The van der Waals surface area contributed by atoms with Crippen molar-refractivity contribution in [2.45, 2.75) is 32.7 Å². The molecular formula is C22H25FN4. The van der Waals surface area contributed by atoms with Gasteiger partial charge in [-0.25, -0.2) is 9.37 Å². The molecule has 0 aliphatic heterocycles. The molecule has 0 fully saturated rings. The lowest BCUT2D eigenvalue weighted by Gasteiger charge is -2.22. The van der Waals surface area contributed by atoms with Gasteiger partial charge in [0.1, 0.15) is 11.6 Å². The van der Waals surface area contributed by atoms with Crippen LogP contribution in [0.1, 0.15) is 26.3 Å². The van der Waals surface area contributed by atoms with Gasteiger partial charge in [0.15, 0.2) is 0 Å². The summed E-state index contributed by atoms with van der Waals surface area (Å²) in [6, 6.07) is 18.8. The zero-order valence-corrected chi connectivity index (χ0v) is 16.0. The molecule has 0 aliphatic carbocycles. The molecule has 0 bridgehead atoms. The highest BCUT2D eigenvalue weighted by Gasteiger charge is 2.13. The third-order valence-electron chi connectivity index (χ3n) is 3.93. The van der Waals surface area contributed by atoms with Crippen LogP contribution < -0.4 is 10.6 Å². The number of rotatable bonds is 6. The molecule has 3 aromatic rings. The van der Waals surface area contributed by atoms with Crippen LogP contribution in [0.15, 0.2) is 60.7 Å². The summed E-state index contributed by atoms with van der Waals surface area (Å²) in [5.74, 6) is 1.09. The van der Waals surface area contributed by atoms with Crippen LogP contribution in [0, 0.1) is 5.82 Å². The maximum absolute atomic E-state index is 13.8. The predicted molar refractivity (Wildman–Crippen MR) is 109 cm³/mol. The van der Waals surface area contributed by atoms with Crippen molar-refractivity contribution >= 4 is 11.8 Å². The minimum Gasteiger partial charge on any atom is -0.365 e. The van der Waals surface area contributed by atoms with E-state index in [1.165, 1.54) is 6.07 Å². The Bertz CT molecular complexity index is 888. The summed E-state index contributed by atoms with van der Waals surface area (Å²) in [5, 5.41) is 6.63. The molecule has 27 heavy (non-hydrogen) atoms. The standard InChI is InChI=1S/C22H25FN4/c1-22(2,3)27-20-15-19(17-10-5-4-6-11-17)25-21(26-20)24-14-13-16-9-7-8-12-18(16)23/h4-12,15H,13-14H2,1-3H3,(H2,24,25,26,27). The molecule has 0 aliphatic rings. The zero-order valence-electron chi connectivity index (χ0n) is 16.0. The zero-order chi connectivity index (χ0) is 19.3. The summed E-state index contributed by atoms with van der Waals surface area (Å²) in [5.41, 5.74) is 2.42. The number of benzene rings is 2. The second kappa shape index (κ2) is 8.16. The van der Waals surface area contributed by atoms with Gasteiger partial charge in [-0.3, -0.25) is 0 Å². The maximum Gasteiger partial charge on any atom is 0.225 e. The van der Waals surface area contributed by atoms with Crippen LogP contribution in [0.25, 0.3) is 11.3 Å². The molecule has 1 aromatic heterocycles. The Morgan fingerprint density at radius 2 is 1.63 bits per heavy atom. The van der Waals surface area contributed by atoms with E-state index in [0.29, 0.717) is 24.5 Å². The smallest absolute Gasteiger partial charge is 0.225 e. The molecule has 0 unspecified atom stereocenters. The van der Waals surface area contributed by atoms with Crippen molar-refractivity contribution in [2.75, 3.05) is 17.2 Å². The van der Waals surface area contributed by atoms with E-state index in [4.69, 9.17) is 0 Å². The van der Waals surface area contributed by atoms with Crippen molar-refractivity contribution < 1.29 is 4.39 Å². The Morgan fingerprint density at radius 3 is 2.33 bits per heavy atom. The van der Waals surface area contributed by atoms with E-state index in [0.717, 1.165) is 17.1 Å². The Hall–Kier alpha value is -2.95. The minimum absolute atomic E-state index is 0.118. The van der Waals surface area contributed by atoms with Crippen molar-refractivity contribution in [2.24, 2.45) is 0 Å². The van der Waals surface area contributed by atoms with E-state index >= 15 is 0 Å². The molecule has 1 heterocycles. The largest absolute Gasteiger partial charge is 0.365 e. The van der Waals surface area contributed by atoms with Gasteiger partial charge in [0.2, 0.25) is 5.95 Å². The number of nitrogens with one attached hydrogen (secondary N) is 2. The first-order valence-electron chi connectivity index (χ1n) is 9.11. The molecule has 0 atom stereocenters. The Morgan fingerprint density at radius 1 is 0.926 bits per heavy atom. The Kier molecular flexibility index (Phi) is 5.69. The molecule has 2 aromatic carbocycles. The highest BCUT2D eigenvalue weighted by molar-refractivity contribution is 5.64. The summed E-state index contributed by atoms with van der Waals surface area (Å²) in [4.78, 5) is 9.20. The summed E-state index contributed by atoms with van der Waals surface area (Å²) in [6.45, 7) is 6.81. The highest BCUT2D eigenvalue weighted by atomic mass is 19.1. The van der Waals surface area contributed by atoms with Gasteiger partial charge in [-0.05, 0) is 38.8 Å². The van der Waals surface area contributed by atoms with Gasteiger partial charge in [-0.1, -0.05) is 48.5 Å².